The molecule has 0 aliphatic carbocycles. The number of aryl methyl sites for hydroxylation is 4. The lowest BCUT2D eigenvalue weighted by molar-refractivity contribution is 0.0490. The molecule has 4 heteroatoms. The number of aromatic nitrogens is 1. The van der Waals surface area contributed by atoms with Gasteiger partial charge in [-0.2, -0.15) is 0 Å². The van der Waals surface area contributed by atoms with Crippen LogP contribution in [0.5, 0.6) is 0 Å². The Morgan fingerprint density at radius 2 is 2.15 bits per heavy atom. The Balaban J connectivity index is 1.68. The van der Waals surface area contributed by atoms with Crippen molar-refractivity contribution in [1.29, 1.82) is 0 Å². The standard InChI is InChI=1S/C22H32N2OS/c1-5-25-16-22(9-8-20-7-6-12-26-20)10-11-24(15-22)14-21-17(2)13-18(3)23-19(21)4/h6-7,12-13H,5,8-11,14-16H2,1-4H3. The fourth-order valence-corrected chi connectivity index (χ4v) is 4.94. The fraction of sp³-hybridized carbons (Fsp3) is 0.591. The van der Waals surface area contributed by atoms with E-state index < -0.39 is 0 Å². The summed E-state index contributed by atoms with van der Waals surface area (Å²) in [7, 11) is 0. The van der Waals surface area contributed by atoms with Gasteiger partial charge in [-0.25, -0.2) is 0 Å². The number of hydrogen-bond acceptors (Lipinski definition) is 4. The Morgan fingerprint density at radius 1 is 1.31 bits per heavy atom. The third-order valence-electron chi connectivity index (χ3n) is 5.68. The van der Waals surface area contributed by atoms with E-state index in [0.29, 0.717) is 5.41 Å². The van der Waals surface area contributed by atoms with Crippen LogP contribution in [0.15, 0.2) is 23.6 Å². The van der Waals surface area contributed by atoms with Crippen LogP contribution in [0.1, 0.15) is 47.2 Å². The highest BCUT2D eigenvalue weighted by Gasteiger charge is 2.38. The van der Waals surface area contributed by atoms with Crippen molar-refractivity contribution >= 4 is 11.3 Å². The van der Waals surface area contributed by atoms with Gasteiger partial charge in [-0.1, -0.05) is 6.07 Å². The molecule has 3 nitrogen and oxygen atoms in total. The summed E-state index contributed by atoms with van der Waals surface area (Å²) in [6.45, 7) is 13.5. The third-order valence-corrected chi connectivity index (χ3v) is 6.61. The summed E-state index contributed by atoms with van der Waals surface area (Å²) in [6.07, 6.45) is 3.62. The topological polar surface area (TPSA) is 25.4 Å². The Kier molecular flexibility index (Phi) is 6.49. The third kappa shape index (κ3) is 4.73. The number of hydrogen-bond donors (Lipinski definition) is 0. The largest absolute Gasteiger partial charge is 0.381 e. The van der Waals surface area contributed by atoms with Crippen LogP contribution >= 0.6 is 11.3 Å². The van der Waals surface area contributed by atoms with Gasteiger partial charge in [0.1, 0.15) is 0 Å². The number of nitrogens with zero attached hydrogens (tertiary/aromatic N) is 2. The van der Waals surface area contributed by atoms with Crippen molar-refractivity contribution in [3.05, 3.63) is 51.0 Å². The highest BCUT2D eigenvalue weighted by molar-refractivity contribution is 7.09. The summed E-state index contributed by atoms with van der Waals surface area (Å²) < 4.78 is 5.92. The van der Waals surface area contributed by atoms with Crippen LogP contribution in [0.25, 0.3) is 0 Å². The van der Waals surface area contributed by atoms with E-state index in [-0.39, 0.29) is 0 Å². The molecule has 0 amide bonds. The number of likely N-dealkylation sites (tertiary alicyclic amines) is 1. The van der Waals surface area contributed by atoms with Crippen LogP contribution in [-0.2, 0) is 17.7 Å². The van der Waals surface area contributed by atoms with Gasteiger partial charge in [0, 0.05) is 41.4 Å². The van der Waals surface area contributed by atoms with Gasteiger partial charge in [0.25, 0.3) is 0 Å². The molecule has 1 unspecified atom stereocenters. The molecule has 1 saturated heterocycles. The molecular weight excluding hydrogens is 340 g/mol. The quantitative estimate of drug-likeness (QED) is 0.657. The van der Waals surface area contributed by atoms with Crippen molar-refractivity contribution in [3.63, 3.8) is 0 Å². The number of thiophene rings is 1. The lowest BCUT2D eigenvalue weighted by atomic mass is 9.83. The normalized spacial score (nSPS) is 20.8. The summed E-state index contributed by atoms with van der Waals surface area (Å²) >= 11 is 1.87. The zero-order chi connectivity index (χ0) is 18.6. The maximum atomic E-state index is 5.92. The molecule has 0 N–H and O–H groups in total. The smallest absolute Gasteiger partial charge is 0.0535 e. The van der Waals surface area contributed by atoms with Gasteiger partial charge in [0.15, 0.2) is 0 Å². The molecule has 0 aromatic carbocycles. The van der Waals surface area contributed by atoms with Crippen LogP contribution in [0, 0.1) is 26.2 Å². The van der Waals surface area contributed by atoms with E-state index >= 15 is 0 Å². The predicted octanol–water partition coefficient (Wildman–Crippen LogP) is 4.93. The van der Waals surface area contributed by atoms with Gasteiger partial charge in [-0.05, 0) is 82.1 Å². The predicted molar refractivity (Wildman–Crippen MR) is 110 cm³/mol. The Morgan fingerprint density at radius 3 is 2.85 bits per heavy atom. The minimum atomic E-state index is 0.292. The van der Waals surface area contributed by atoms with Crippen molar-refractivity contribution in [2.45, 2.75) is 53.5 Å². The minimum Gasteiger partial charge on any atom is -0.381 e. The van der Waals surface area contributed by atoms with Crippen LogP contribution < -0.4 is 0 Å². The number of pyridine rings is 1. The Hall–Kier alpha value is -1.23. The van der Waals surface area contributed by atoms with E-state index in [4.69, 9.17) is 4.74 Å². The van der Waals surface area contributed by atoms with Crippen molar-refractivity contribution in [2.24, 2.45) is 5.41 Å². The molecule has 0 radical (unpaired) electrons. The highest BCUT2D eigenvalue weighted by Crippen LogP contribution is 2.37. The number of rotatable bonds is 8. The maximum Gasteiger partial charge on any atom is 0.0535 e. The SMILES string of the molecule is CCOCC1(CCc2cccs2)CCN(Cc2c(C)cc(C)nc2C)C1. The molecule has 2 aromatic rings. The summed E-state index contributed by atoms with van der Waals surface area (Å²) in [6, 6.07) is 6.63. The van der Waals surface area contributed by atoms with Gasteiger partial charge < -0.3 is 4.74 Å². The molecule has 0 saturated carbocycles. The summed E-state index contributed by atoms with van der Waals surface area (Å²) in [5.74, 6) is 0. The van der Waals surface area contributed by atoms with Crippen molar-refractivity contribution in [3.8, 4) is 0 Å². The summed E-state index contributed by atoms with van der Waals surface area (Å²) in [4.78, 5) is 8.79. The van der Waals surface area contributed by atoms with E-state index in [1.165, 1.54) is 41.0 Å². The first-order valence-electron chi connectivity index (χ1n) is 9.77. The van der Waals surface area contributed by atoms with Gasteiger partial charge in [-0.3, -0.25) is 9.88 Å². The van der Waals surface area contributed by atoms with E-state index in [0.717, 1.165) is 38.5 Å². The average Bonchev–Trinajstić information content (AvgIpc) is 3.25. The molecule has 1 aliphatic heterocycles. The molecule has 3 heterocycles. The van der Waals surface area contributed by atoms with Gasteiger partial charge in [0.2, 0.25) is 0 Å². The second kappa shape index (κ2) is 8.64. The molecule has 1 atom stereocenters. The van der Waals surface area contributed by atoms with E-state index in [1.54, 1.807) is 0 Å². The first-order chi connectivity index (χ1) is 12.5. The molecule has 1 aliphatic rings. The minimum absolute atomic E-state index is 0.292. The van der Waals surface area contributed by atoms with E-state index in [2.05, 4.69) is 61.2 Å². The van der Waals surface area contributed by atoms with Crippen molar-refractivity contribution in [1.82, 2.24) is 9.88 Å². The van der Waals surface area contributed by atoms with Gasteiger partial charge >= 0.3 is 0 Å². The van der Waals surface area contributed by atoms with Crippen molar-refractivity contribution < 1.29 is 4.74 Å². The Labute approximate surface area is 162 Å². The van der Waals surface area contributed by atoms with Gasteiger partial charge in [0.05, 0.1) is 6.61 Å². The lowest BCUT2D eigenvalue weighted by Gasteiger charge is -2.29. The molecule has 2 aromatic heterocycles. The van der Waals surface area contributed by atoms with Crippen LogP contribution in [-0.4, -0.2) is 36.2 Å². The molecule has 0 bridgehead atoms. The zero-order valence-corrected chi connectivity index (χ0v) is 17.5. The first kappa shape index (κ1) is 19.5. The summed E-state index contributed by atoms with van der Waals surface area (Å²) in [5, 5.41) is 2.18. The van der Waals surface area contributed by atoms with E-state index in [9.17, 15) is 0 Å². The zero-order valence-electron chi connectivity index (χ0n) is 16.7. The highest BCUT2D eigenvalue weighted by atomic mass is 32.1. The molecular formula is C22H32N2OS. The van der Waals surface area contributed by atoms with Gasteiger partial charge in [-0.15, -0.1) is 11.3 Å². The fourth-order valence-electron chi connectivity index (χ4n) is 4.23. The first-order valence-corrected chi connectivity index (χ1v) is 10.7. The number of ether oxygens (including phenoxy) is 1. The van der Waals surface area contributed by atoms with Crippen LogP contribution in [0.4, 0.5) is 0 Å². The second-order valence-electron chi connectivity index (χ2n) is 7.82. The Bertz CT molecular complexity index is 690. The molecule has 26 heavy (non-hydrogen) atoms. The molecule has 1 fully saturated rings. The average molecular weight is 373 g/mol. The molecule has 3 rings (SSSR count). The van der Waals surface area contributed by atoms with Crippen LogP contribution in [0.3, 0.4) is 0 Å². The van der Waals surface area contributed by atoms with E-state index in [1.807, 2.05) is 11.3 Å². The lowest BCUT2D eigenvalue weighted by Crippen LogP contribution is -2.32. The van der Waals surface area contributed by atoms with Crippen molar-refractivity contribution in [2.75, 3.05) is 26.3 Å². The monoisotopic (exact) mass is 372 g/mol. The second-order valence-corrected chi connectivity index (χ2v) is 8.85. The van der Waals surface area contributed by atoms with Crippen LogP contribution in [0.2, 0.25) is 0 Å². The molecule has 0 spiro atoms. The summed E-state index contributed by atoms with van der Waals surface area (Å²) in [5.41, 5.74) is 5.37. The maximum absolute atomic E-state index is 5.92. The molecule has 142 valence electrons.